The van der Waals surface area contributed by atoms with E-state index in [9.17, 15) is 9.90 Å². The molecule has 12 heavy (non-hydrogen) atoms. The van der Waals surface area contributed by atoms with Crippen molar-refractivity contribution in [3.05, 3.63) is 0 Å². The number of hydrogen-bond acceptors (Lipinski definition) is 3. The number of rotatable bonds is 1. The lowest BCUT2D eigenvalue weighted by molar-refractivity contribution is -0.158. The molecular weight excluding hydrogens is 156 g/mol. The first-order chi connectivity index (χ1) is 5.69. The monoisotopic (exact) mass is 170 g/mol. The molecule has 0 heterocycles. The molecule has 0 aromatic carbocycles. The van der Waals surface area contributed by atoms with Gasteiger partial charge in [-0.25, -0.2) is 0 Å². The van der Waals surface area contributed by atoms with Crippen molar-refractivity contribution < 1.29 is 14.6 Å². The molecule has 0 aromatic heterocycles. The molecule has 0 unspecified atom stereocenters. The van der Waals surface area contributed by atoms with Crippen LogP contribution in [0.3, 0.4) is 0 Å². The topological polar surface area (TPSA) is 46.5 Å². The Morgan fingerprint density at radius 2 is 2.42 bits per heavy atom. The third-order valence-corrected chi connectivity index (χ3v) is 3.44. The number of fused-ring (bicyclic) bond motifs is 2. The van der Waals surface area contributed by atoms with Gasteiger partial charge in [-0.1, -0.05) is 0 Å². The van der Waals surface area contributed by atoms with E-state index in [1.54, 1.807) is 0 Å². The number of hydrogen-bond donors (Lipinski definition) is 1. The van der Waals surface area contributed by atoms with Crippen molar-refractivity contribution in [2.45, 2.75) is 31.8 Å². The average molecular weight is 170 g/mol. The van der Waals surface area contributed by atoms with Crippen molar-refractivity contribution in [1.82, 2.24) is 0 Å². The smallest absolute Gasteiger partial charge is 0.314 e. The number of esters is 1. The zero-order valence-corrected chi connectivity index (χ0v) is 7.25. The summed E-state index contributed by atoms with van der Waals surface area (Å²) < 4.78 is 4.73. The summed E-state index contributed by atoms with van der Waals surface area (Å²) in [5.41, 5.74) is -0.528. The fourth-order valence-electron chi connectivity index (χ4n) is 2.75. The molecule has 0 radical (unpaired) electrons. The maximum atomic E-state index is 11.4. The molecule has 2 fully saturated rings. The van der Waals surface area contributed by atoms with Crippen molar-refractivity contribution in [3.8, 4) is 0 Å². The molecule has 2 bridgehead atoms. The summed E-state index contributed by atoms with van der Waals surface area (Å²) in [5, 5.41) is 9.67. The molecule has 2 rings (SSSR count). The maximum Gasteiger partial charge on any atom is 0.314 e. The highest BCUT2D eigenvalue weighted by Crippen LogP contribution is 2.54. The predicted octanol–water partition coefficient (Wildman–Crippen LogP) is 0.710. The van der Waals surface area contributed by atoms with Crippen LogP contribution in [0.1, 0.15) is 25.7 Å². The second kappa shape index (κ2) is 2.46. The van der Waals surface area contributed by atoms with E-state index < -0.39 is 11.5 Å². The number of methoxy groups -OCH3 is 1. The van der Waals surface area contributed by atoms with E-state index in [4.69, 9.17) is 4.74 Å². The van der Waals surface area contributed by atoms with Gasteiger partial charge < -0.3 is 9.84 Å². The SMILES string of the molecule is COC(=O)[C@@]12CC[C@@H](C[C@@H]1O)C2. The van der Waals surface area contributed by atoms with Gasteiger partial charge in [-0.05, 0) is 31.6 Å². The normalized spacial score (nSPS) is 44.8. The van der Waals surface area contributed by atoms with Crippen LogP contribution in [0.25, 0.3) is 0 Å². The van der Waals surface area contributed by atoms with E-state index in [0.29, 0.717) is 5.92 Å². The molecule has 1 N–H and O–H groups in total. The van der Waals surface area contributed by atoms with Crippen LogP contribution >= 0.6 is 0 Å². The lowest BCUT2D eigenvalue weighted by Crippen LogP contribution is -2.38. The number of carbonyl (C=O) groups is 1. The Morgan fingerprint density at radius 3 is 2.83 bits per heavy atom. The highest BCUT2D eigenvalue weighted by Gasteiger charge is 2.57. The summed E-state index contributed by atoms with van der Waals surface area (Å²) in [5.74, 6) is 0.342. The molecular formula is C9H14O3. The summed E-state index contributed by atoms with van der Waals surface area (Å²) in [7, 11) is 1.40. The molecule has 3 atom stereocenters. The summed E-state index contributed by atoms with van der Waals surface area (Å²) in [6, 6.07) is 0. The number of aliphatic hydroxyl groups excluding tert-OH is 1. The third kappa shape index (κ3) is 0.829. The number of carbonyl (C=O) groups excluding carboxylic acids is 1. The van der Waals surface area contributed by atoms with Gasteiger partial charge >= 0.3 is 5.97 Å². The largest absolute Gasteiger partial charge is 0.469 e. The fraction of sp³-hybridized carbons (Fsp3) is 0.889. The summed E-state index contributed by atoms with van der Waals surface area (Å²) in [4.78, 5) is 11.4. The second-order valence-corrected chi connectivity index (χ2v) is 4.01. The Kier molecular flexibility index (Phi) is 1.65. The van der Waals surface area contributed by atoms with Crippen molar-refractivity contribution >= 4 is 5.97 Å². The Morgan fingerprint density at radius 1 is 1.67 bits per heavy atom. The van der Waals surface area contributed by atoms with Gasteiger partial charge in [0.05, 0.1) is 18.6 Å². The Labute approximate surface area is 71.7 Å². The first-order valence-electron chi connectivity index (χ1n) is 4.45. The van der Waals surface area contributed by atoms with Crippen LogP contribution in [0.15, 0.2) is 0 Å². The van der Waals surface area contributed by atoms with Crippen molar-refractivity contribution in [2.24, 2.45) is 11.3 Å². The number of aliphatic hydroxyl groups is 1. The first kappa shape index (κ1) is 8.05. The van der Waals surface area contributed by atoms with E-state index in [1.165, 1.54) is 7.11 Å². The van der Waals surface area contributed by atoms with Crippen LogP contribution in [0, 0.1) is 11.3 Å². The van der Waals surface area contributed by atoms with Crippen LogP contribution in [-0.4, -0.2) is 24.3 Å². The Balaban J connectivity index is 2.23. The summed E-state index contributed by atoms with van der Waals surface area (Å²) >= 11 is 0. The Hall–Kier alpha value is -0.570. The van der Waals surface area contributed by atoms with E-state index >= 15 is 0 Å². The molecule has 2 aliphatic carbocycles. The molecule has 68 valence electrons. The minimum atomic E-state index is -0.528. The molecule has 0 saturated heterocycles. The lowest BCUT2D eigenvalue weighted by Gasteiger charge is -2.28. The first-order valence-corrected chi connectivity index (χ1v) is 4.45. The zero-order chi connectivity index (χ0) is 8.77. The highest BCUT2D eigenvalue weighted by atomic mass is 16.5. The van der Waals surface area contributed by atoms with Gasteiger partial charge in [0.15, 0.2) is 0 Å². The van der Waals surface area contributed by atoms with Crippen LogP contribution < -0.4 is 0 Å². The molecule has 0 aromatic rings. The molecule has 3 heteroatoms. The summed E-state index contributed by atoms with van der Waals surface area (Å²) in [6.07, 6.45) is 3.05. The lowest BCUT2D eigenvalue weighted by atomic mass is 9.82. The quantitative estimate of drug-likeness (QED) is 0.589. The van der Waals surface area contributed by atoms with Gasteiger partial charge in [-0.3, -0.25) is 4.79 Å². The maximum absolute atomic E-state index is 11.4. The van der Waals surface area contributed by atoms with E-state index in [1.807, 2.05) is 0 Å². The van der Waals surface area contributed by atoms with E-state index in [-0.39, 0.29) is 5.97 Å². The van der Waals surface area contributed by atoms with Gasteiger partial charge in [-0.15, -0.1) is 0 Å². The van der Waals surface area contributed by atoms with Gasteiger partial charge in [-0.2, -0.15) is 0 Å². The molecule has 2 aliphatic rings. The predicted molar refractivity (Wildman–Crippen MR) is 42.4 cm³/mol. The molecule has 0 spiro atoms. The van der Waals surface area contributed by atoms with Gasteiger partial charge in [0.1, 0.15) is 0 Å². The fourth-order valence-corrected chi connectivity index (χ4v) is 2.75. The zero-order valence-electron chi connectivity index (χ0n) is 7.25. The highest BCUT2D eigenvalue weighted by molar-refractivity contribution is 5.78. The standard InChI is InChI=1S/C9H14O3/c1-12-8(11)9-3-2-6(5-9)4-7(9)10/h6-7,10H,2-5H2,1H3/t6-,7-,9+/m0/s1. The van der Waals surface area contributed by atoms with Crippen molar-refractivity contribution in [1.29, 1.82) is 0 Å². The van der Waals surface area contributed by atoms with Crippen LogP contribution in [0.2, 0.25) is 0 Å². The minimum Gasteiger partial charge on any atom is -0.469 e. The average Bonchev–Trinajstić information content (AvgIpc) is 2.60. The summed E-state index contributed by atoms with van der Waals surface area (Å²) in [6.45, 7) is 0. The second-order valence-electron chi connectivity index (χ2n) is 4.01. The third-order valence-electron chi connectivity index (χ3n) is 3.44. The van der Waals surface area contributed by atoms with E-state index in [2.05, 4.69) is 0 Å². The molecule has 3 nitrogen and oxygen atoms in total. The minimum absolute atomic E-state index is 0.213. The van der Waals surface area contributed by atoms with Crippen molar-refractivity contribution in [3.63, 3.8) is 0 Å². The van der Waals surface area contributed by atoms with Gasteiger partial charge in [0, 0.05) is 0 Å². The van der Waals surface area contributed by atoms with Gasteiger partial charge in [0.2, 0.25) is 0 Å². The van der Waals surface area contributed by atoms with Crippen LogP contribution in [-0.2, 0) is 9.53 Å². The Bertz CT molecular complexity index is 214. The van der Waals surface area contributed by atoms with Crippen molar-refractivity contribution in [2.75, 3.05) is 7.11 Å². The molecule has 0 amide bonds. The van der Waals surface area contributed by atoms with E-state index in [0.717, 1.165) is 25.7 Å². The molecule has 2 saturated carbocycles. The number of ether oxygens (including phenoxy) is 1. The van der Waals surface area contributed by atoms with Gasteiger partial charge in [0.25, 0.3) is 0 Å². The van der Waals surface area contributed by atoms with Crippen LogP contribution in [0.4, 0.5) is 0 Å². The molecule has 0 aliphatic heterocycles. The van der Waals surface area contributed by atoms with Crippen LogP contribution in [0.5, 0.6) is 0 Å².